The van der Waals surface area contributed by atoms with E-state index in [0.29, 0.717) is 0 Å². The van der Waals surface area contributed by atoms with Gasteiger partial charge >= 0.3 is 6.18 Å². The van der Waals surface area contributed by atoms with E-state index in [0.717, 1.165) is 10.6 Å². The maximum absolute atomic E-state index is 12.9. The average Bonchev–Trinajstić information content (AvgIpc) is 2.33. The summed E-state index contributed by atoms with van der Waals surface area (Å²) in [5.74, 6) is 0. The molecule has 1 aromatic heterocycles. The predicted octanol–water partition coefficient (Wildman–Crippen LogP) is 1.89. The maximum Gasteiger partial charge on any atom is 0.416 e. The number of hydrogen-bond donors (Lipinski definition) is 1. The van der Waals surface area contributed by atoms with Crippen LogP contribution in [0.3, 0.4) is 0 Å². The standard InChI is InChI=1S/C12H10F3N3O/c13-12(14,15)10-5-9(16)2-1-8(10)6-18-7-17-4-3-11(18)19/h1-5,7H,6,16H2. The summed E-state index contributed by atoms with van der Waals surface area (Å²) in [6.07, 6.45) is -2.04. The van der Waals surface area contributed by atoms with Crippen molar-refractivity contribution in [3.63, 3.8) is 0 Å². The summed E-state index contributed by atoms with van der Waals surface area (Å²) in [5.41, 5.74) is 4.10. The number of aromatic nitrogens is 2. The van der Waals surface area contributed by atoms with Crippen LogP contribution in [0.5, 0.6) is 0 Å². The van der Waals surface area contributed by atoms with Crippen LogP contribution in [0.15, 0.2) is 41.6 Å². The number of anilines is 1. The first-order valence-electron chi connectivity index (χ1n) is 5.34. The average molecular weight is 269 g/mol. The largest absolute Gasteiger partial charge is 0.416 e. The molecule has 0 aliphatic heterocycles. The molecule has 2 rings (SSSR count). The van der Waals surface area contributed by atoms with Gasteiger partial charge in [-0.05, 0) is 17.7 Å². The maximum atomic E-state index is 12.9. The lowest BCUT2D eigenvalue weighted by Gasteiger charge is -2.14. The van der Waals surface area contributed by atoms with Crippen LogP contribution < -0.4 is 11.3 Å². The molecular formula is C12H10F3N3O. The topological polar surface area (TPSA) is 60.9 Å². The van der Waals surface area contributed by atoms with Gasteiger partial charge in [0.15, 0.2) is 0 Å². The Bertz CT molecular complexity index is 649. The zero-order valence-corrected chi connectivity index (χ0v) is 9.69. The first-order valence-corrected chi connectivity index (χ1v) is 5.34. The summed E-state index contributed by atoms with van der Waals surface area (Å²) in [5, 5.41) is 0. The minimum Gasteiger partial charge on any atom is -0.399 e. The molecule has 0 saturated carbocycles. The summed E-state index contributed by atoms with van der Waals surface area (Å²) < 4.78 is 39.7. The van der Waals surface area contributed by atoms with E-state index in [1.165, 1.54) is 30.7 Å². The molecule has 0 aliphatic carbocycles. The van der Waals surface area contributed by atoms with Gasteiger partial charge in [-0.2, -0.15) is 13.2 Å². The molecule has 0 radical (unpaired) electrons. The van der Waals surface area contributed by atoms with E-state index < -0.39 is 17.3 Å². The summed E-state index contributed by atoms with van der Waals surface area (Å²) in [7, 11) is 0. The van der Waals surface area contributed by atoms with Crippen LogP contribution >= 0.6 is 0 Å². The van der Waals surface area contributed by atoms with Gasteiger partial charge < -0.3 is 5.73 Å². The first kappa shape index (κ1) is 13.1. The molecule has 2 aromatic rings. The Labute approximate surface area is 106 Å². The Morgan fingerprint density at radius 1 is 1.26 bits per heavy atom. The molecule has 7 heteroatoms. The van der Waals surface area contributed by atoms with Crippen molar-refractivity contribution in [1.29, 1.82) is 0 Å². The summed E-state index contributed by atoms with van der Waals surface area (Å²) in [6.45, 7) is -0.207. The summed E-state index contributed by atoms with van der Waals surface area (Å²) in [6, 6.07) is 4.67. The molecule has 4 nitrogen and oxygen atoms in total. The minimum absolute atomic E-state index is 0.0228. The lowest BCUT2D eigenvalue weighted by Crippen LogP contribution is -2.21. The zero-order chi connectivity index (χ0) is 14.0. The highest BCUT2D eigenvalue weighted by Gasteiger charge is 2.33. The highest BCUT2D eigenvalue weighted by Crippen LogP contribution is 2.33. The molecule has 0 unspecified atom stereocenters. The molecule has 2 N–H and O–H groups in total. The van der Waals surface area contributed by atoms with Crippen molar-refractivity contribution in [3.8, 4) is 0 Å². The van der Waals surface area contributed by atoms with Gasteiger partial charge in [0.25, 0.3) is 5.56 Å². The Morgan fingerprint density at radius 3 is 2.63 bits per heavy atom. The Morgan fingerprint density at radius 2 is 2.00 bits per heavy atom. The predicted molar refractivity (Wildman–Crippen MR) is 63.5 cm³/mol. The number of benzene rings is 1. The number of rotatable bonds is 2. The number of nitrogens with zero attached hydrogens (tertiary/aromatic N) is 2. The van der Waals surface area contributed by atoms with Gasteiger partial charge in [-0.15, -0.1) is 0 Å². The van der Waals surface area contributed by atoms with Crippen molar-refractivity contribution >= 4 is 5.69 Å². The van der Waals surface area contributed by atoms with Gasteiger partial charge in [0.1, 0.15) is 0 Å². The van der Waals surface area contributed by atoms with Crippen molar-refractivity contribution in [2.45, 2.75) is 12.7 Å². The van der Waals surface area contributed by atoms with E-state index in [2.05, 4.69) is 4.98 Å². The van der Waals surface area contributed by atoms with Gasteiger partial charge in [-0.1, -0.05) is 6.07 Å². The number of hydrogen-bond acceptors (Lipinski definition) is 3. The monoisotopic (exact) mass is 269 g/mol. The third kappa shape index (κ3) is 2.93. The smallest absolute Gasteiger partial charge is 0.399 e. The molecule has 1 heterocycles. The molecule has 0 atom stereocenters. The third-order valence-electron chi connectivity index (χ3n) is 2.57. The molecular weight excluding hydrogens is 259 g/mol. The number of alkyl halides is 3. The molecule has 100 valence electrons. The molecule has 0 amide bonds. The van der Waals surface area contributed by atoms with Crippen molar-refractivity contribution in [2.24, 2.45) is 0 Å². The van der Waals surface area contributed by atoms with Gasteiger partial charge in [0, 0.05) is 18.0 Å². The molecule has 1 aromatic carbocycles. The van der Waals surface area contributed by atoms with E-state index in [1.807, 2.05) is 0 Å². The highest BCUT2D eigenvalue weighted by molar-refractivity contribution is 5.46. The Balaban J connectivity index is 2.47. The quantitative estimate of drug-likeness (QED) is 0.847. The van der Waals surface area contributed by atoms with Crippen molar-refractivity contribution in [2.75, 3.05) is 5.73 Å². The van der Waals surface area contributed by atoms with Crippen LogP contribution in [0.25, 0.3) is 0 Å². The second kappa shape index (κ2) is 4.75. The van der Waals surface area contributed by atoms with Crippen LogP contribution in [0, 0.1) is 0 Å². The highest BCUT2D eigenvalue weighted by atomic mass is 19.4. The fraction of sp³-hybridized carbons (Fsp3) is 0.167. The summed E-state index contributed by atoms with van der Waals surface area (Å²) in [4.78, 5) is 15.2. The van der Waals surface area contributed by atoms with Crippen LogP contribution in [0.2, 0.25) is 0 Å². The van der Waals surface area contributed by atoms with Gasteiger partial charge in [-0.3, -0.25) is 9.36 Å². The molecule has 19 heavy (non-hydrogen) atoms. The normalized spacial score (nSPS) is 11.5. The Hall–Kier alpha value is -2.31. The summed E-state index contributed by atoms with van der Waals surface area (Å²) >= 11 is 0. The molecule has 0 aliphatic rings. The fourth-order valence-electron chi connectivity index (χ4n) is 1.68. The number of nitrogens with two attached hydrogens (primary N) is 1. The van der Waals surface area contributed by atoms with Gasteiger partial charge in [0.2, 0.25) is 0 Å². The van der Waals surface area contributed by atoms with E-state index in [4.69, 9.17) is 5.73 Å². The lowest BCUT2D eigenvalue weighted by atomic mass is 10.1. The Kier molecular flexibility index (Phi) is 3.28. The number of halogens is 3. The van der Waals surface area contributed by atoms with E-state index in [9.17, 15) is 18.0 Å². The van der Waals surface area contributed by atoms with Crippen LogP contribution in [0.4, 0.5) is 18.9 Å². The zero-order valence-electron chi connectivity index (χ0n) is 9.69. The molecule has 0 saturated heterocycles. The first-order chi connectivity index (χ1) is 8.88. The van der Waals surface area contributed by atoms with E-state index >= 15 is 0 Å². The second-order valence-electron chi connectivity index (χ2n) is 3.96. The second-order valence-corrected chi connectivity index (χ2v) is 3.96. The lowest BCUT2D eigenvalue weighted by molar-refractivity contribution is -0.138. The SMILES string of the molecule is Nc1ccc(Cn2cnccc2=O)c(C(F)(F)F)c1. The van der Waals surface area contributed by atoms with Crippen LogP contribution in [0.1, 0.15) is 11.1 Å². The van der Waals surface area contributed by atoms with Crippen molar-refractivity contribution < 1.29 is 13.2 Å². The van der Waals surface area contributed by atoms with Crippen molar-refractivity contribution in [1.82, 2.24) is 9.55 Å². The van der Waals surface area contributed by atoms with Gasteiger partial charge in [-0.25, -0.2) is 4.98 Å². The number of nitrogen functional groups attached to an aromatic ring is 1. The van der Waals surface area contributed by atoms with E-state index in [-0.39, 0.29) is 17.8 Å². The van der Waals surface area contributed by atoms with Crippen LogP contribution in [-0.4, -0.2) is 9.55 Å². The van der Waals surface area contributed by atoms with Crippen LogP contribution in [-0.2, 0) is 12.7 Å². The van der Waals surface area contributed by atoms with E-state index in [1.54, 1.807) is 0 Å². The van der Waals surface area contributed by atoms with Crippen molar-refractivity contribution in [3.05, 3.63) is 58.3 Å². The third-order valence-corrected chi connectivity index (χ3v) is 2.57. The minimum atomic E-state index is -4.52. The molecule has 0 bridgehead atoms. The molecule has 0 fully saturated rings. The fourth-order valence-corrected chi connectivity index (χ4v) is 1.68. The van der Waals surface area contributed by atoms with Gasteiger partial charge in [0.05, 0.1) is 18.4 Å². The molecule has 0 spiro atoms.